The Hall–Kier alpha value is -1.98. The van der Waals surface area contributed by atoms with E-state index in [1.165, 1.54) is 6.07 Å². The second kappa shape index (κ2) is 5.19. The van der Waals surface area contributed by atoms with Gasteiger partial charge in [0.15, 0.2) is 5.82 Å². The van der Waals surface area contributed by atoms with Gasteiger partial charge in [-0.3, -0.25) is 0 Å². The summed E-state index contributed by atoms with van der Waals surface area (Å²) in [5, 5.41) is 11.8. The van der Waals surface area contributed by atoms with Gasteiger partial charge in [0.1, 0.15) is 5.82 Å². The van der Waals surface area contributed by atoms with E-state index in [0.717, 1.165) is 12.8 Å². The second-order valence-electron chi connectivity index (χ2n) is 5.65. The predicted molar refractivity (Wildman–Crippen MR) is 76.6 cm³/mol. The molecule has 108 valence electrons. The number of aromatic nitrogens is 4. The quantitative estimate of drug-likeness (QED) is 0.872. The van der Waals surface area contributed by atoms with Crippen LogP contribution in [0, 0.1) is 12.7 Å². The van der Waals surface area contributed by atoms with Crippen LogP contribution in [0.2, 0.25) is 0 Å². The van der Waals surface area contributed by atoms with Crippen LogP contribution in [-0.4, -0.2) is 20.2 Å². The fraction of sp³-hybridized carbons (Fsp3) is 0.500. The van der Waals surface area contributed by atoms with E-state index in [1.807, 2.05) is 0 Å². The number of hydrogen-bond acceptors (Lipinski definition) is 4. The standard InChI is InChI=1S/C14H20FN5/c1-5-6-14(3,4)20-13(17-18-19-20)10-7-11(15)9(2)12(16)8-10/h7-8H,5-6,16H2,1-4H3. The number of tetrazole rings is 1. The molecule has 0 bridgehead atoms. The van der Waals surface area contributed by atoms with E-state index in [0.29, 0.717) is 22.6 Å². The molecule has 2 N–H and O–H groups in total. The Morgan fingerprint density at radius 1 is 1.35 bits per heavy atom. The van der Waals surface area contributed by atoms with Crippen LogP contribution >= 0.6 is 0 Å². The van der Waals surface area contributed by atoms with Gasteiger partial charge in [0.05, 0.1) is 5.54 Å². The average Bonchev–Trinajstić information content (AvgIpc) is 2.85. The van der Waals surface area contributed by atoms with Gasteiger partial charge in [-0.15, -0.1) is 5.10 Å². The molecule has 0 aliphatic carbocycles. The van der Waals surface area contributed by atoms with Crippen molar-refractivity contribution in [1.29, 1.82) is 0 Å². The minimum Gasteiger partial charge on any atom is -0.398 e. The highest BCUT2D eigenvalue weighted by atomic mass is 19.1. The zero-order valence-electron chi connectivity index (χ0n) is 12.3. The van der Waals surface area contributed by atoms with E-state index >= 15 is 0 Å². The topological polar surface area (TPSA) is 69.6 Å². The fourth-order valence-electron chi connectivity index (χ4n) is 2.32. The molecule has 0 aliphatic heterocycles. The van der Waals surface area contributed by atoms with Gasteiger partial charge in [-0.1, -0.05) is 13.3 Å². The third-order valence-corrected chi connectivity index (χ3v) is 3.55. The highest BCUT2D eigenvalue weighted by molar-refractivity contribution is 5.64. The molecule has 0 radical (unpaired) electrons. The van der Waals surface area contributed by atoms with Crippen molar-refractivity contribution in [2.24, 2.45) is 0 Å². The van der Waals surface area contributed by atoms with Crippen molar-refractivity contribution in [1.82, 2.24) is 20.2 Å². The van der Waals surface area contributed by atoms with Gasteiger partial charge >= 0.3 is 0 Å². The maximum atomic E-state index is 13.9. The lowest BCUT2D eigenvalue weighted by Gasteiger charge is -2.25. The normalized spacial score (nSPS) is 11.8. The van der Waals surface area contributed by atoms with Crippen molar-refractivity contribution >= 4 is 5.69 Å². The molecule has 0 fully saturated rings. The molecule has 0 amide bonds. The highest BCUT2D eigenvalue weighted by Gasteiger charge is 2.25. The summed E-state index contributed by atoms with van der Waals surface area (Å²) < 4.78 is 15.6. The average molecular weight is 277 g/mol. The Morgan fingerprint density at radius 3 is 2.65 bits per heavy atom. The maximum absolute atomic E-state index is 13.9. The van der Waals surface area contributed by atoms with Crippen LogP contribution < -0.4 is 5.73 Å². The SMILES string of the molecule is CCCC(C)(C)n1nnnc1-c1cc(N)c(C)c(F)c1. The van der Waals surface area contributed by atoms with Crippen molar-refractivity contribution in [2.75, 3.05) is 5.73 Å². The summed E-state index contributed by atoms with van der Waals surface area (Å²) in [5.41, 5.74) is 7.04. The predicted octanol–water partition coefficient (Wildman–Crippen LogP) is 2.91. The molecule has 2 aromatic rings. The van der Waals surface area contributed by atoms with E-state index in [9.17, 15) is 4.39 Å². The van der Waals surface area contributed by atoms with Gasteiger partial charge in [0.25, 0.3) is 0 Å². The number of rotatable bonds is 4. The molecule has 6 heteroatoms. The van der Waals surface area contributed by atoms with Crippen LogP contribution in [0.5, 0.6) is 0 Å². The first-order chi connectivity index (χ1) is 9.36. The van der Waals surface area contributed by atoms with Crippen LogP contribution in [0.1, 0.15) is 39.2 Å². The Kier molecular flexibility index (Phi) is 3.74. The fourth-order valence-corrected chi connectivity index (χ4v) is 2.32. The van der Waals surface area contributed by atoms with Gasteiger partial charge in [0.2, 0.25) is 0 Å². The van der Waals surface area contributed by atoms with E-state index in [4.69, 9.17) is 5.73 Å². The monoisotopic (exact) mass is 277 g/mol. The summed E-state index contributed by atoms with van der Waals surface area (Å²) in [4.78, 5) is 0. The minimum absolute atomic E-state index is 0.232. The van der Waals surface area contributed by atoms with Crippen molar-refractivity contribution in [3.63, 3.8) is 0 Å². The molecule has 0 atom stereocenters. The lowest BCUT2D eigenvalue weighted by atomic mass is 9.98. The lowest BCUT2D eigenvalue weighted by molar-refractivity contribution is 0.290. The number of nitrogens with zero attached hydrogens (tertiary/aromatic N) is 4. The zero-order chi connectivity index (χ0) is 14.9. The van der Waals surface area contributed by atoms with Crippen LogP contribution in [-0.2, 0) is 5.54 Å². The summed E-state index contributed by atoms with van der Waals surface area (Å²) in [7, 11) is 0. The van der Waals surface area contributed by atoms with Gasteiger partial charge in [-0.25, -0.2) is 9.07 Å². The van der Waals surface area contributed by atoms with Crippen LogP contribution in [0.4, 0.5) is 10.1 Å². The largest absolute Gasteiger partial charge is 0.398 e. The second-order valence-corrected chi connectivity index (χ2v) is 5.65. The number of hydrogen-bond donors (Lipinski definition) is 1. The summed E-state index contributed by atoms with van der Waals surface area (Å²) in [6.45, 7) is 7.88. The third-order valence-electron chi connectivity index (χ3n) is 3.55. The summed E-state index contributed by atoms with van der Waals surface area (Å²) in [6.07, 6.45) is 1.94. The number of nitrogen functional groups attached to an aromatic ring is 1. The van der Waals surface area contributed by atoms with Gasteiger partial charge < -0.3 is 5.73 Å². The number of benzene rings is 1. The van der Waals surface area contributed by atoms with Crippen molar-refractivity contribution in [3.8, 4) is 11.4 Å². The molecule has 5 nitrogen and oxygen atoms in total. The smallest absolute Gasteiger partial charge is 0.182 e. The molecule has 1 aromatic heterocycles. The summed E-state index contributed by atoms with van der Waals surface area (Å²) >= 11 is 0. The van der Waals surface area contributed by atoms with E-state index < -0.39 is 0 Å². The molecular weight excluding hydrogens is 257 g/mol. The Morgan fingerprint density at radius 2 is 2.05 bits per heavy atom. The van der Waals surface area contributed by atoms with Crippen LogP contribution in [0.3, 0.4) is 0 Å². The molecular formula is C14H20FN5. The summed E-state index contributed by atoms with van der Waals surface area (Å²) in [5.74, 6) is 0.192. The van der Waals surface area contributed by atoms with Crippen LogP contribution in [0.15, 0.2) is 12.1 Å². The van der Waals surface area contributed by atoms with Gasteiger partial charge in [-0.2, -0.15) is 0 Å². The highest BCUT2D eigenvalue weighted by Crippen LogP contribution is 2.29. The molecule has 20 heavy (non-hydrogen) atoms. The van der Waals surface area contributed by atoms with Crippen molar-refractivity contribution in [2.45, 2.75) is 46.1 Å². The van der Waals surface area contributed by atoms with Crippen LogP contribution in [0.25, 0.3) is 11.4 Å². The van der Waals surface area contributed by atoms with Gasteiger partial charge in [-0.05, 0) is 49.8 Å². The summed E-state index contributed by atoms with van der Waals surface area (Å²) in [6, 6.07) is 3.14. The molecule has 1 aromatic carbocycles. The Balaban J connectivity index is 2.53. The molecule has 1 heterocycles. The molecule has 0 saturated heterocycles. The van der Waals surface area contributed by atoms with E-state index in [2.05, 4.69) is 36.3 Å². The number of anilines is 1. The number of halogens is 1. The maximum Gasteiger partial charge on any atom is 0.182 e. The van der Waals surface area contributed by atoms with Crippen molar-refractivity contribution in [3.05, 3.63) is 23.5 Å². The first kappa shape index (κ1) is 14.4. The Labute approximate surface area is 118 Å². The van der Waals surface area contributed by atoms with Gasteiger partial charge in [0, 0.05) is 16.8 Å². The third kappa shape index (κ3) is 2.50. The minimum atomic E-state index is -0.345. The molecule has 0 aliphatic rings. The molecule has 2 rings (SSSR count). The van der Waals surface area contributed by atoms with E-state index in [1.54, 1.807) is 17.7 Å². The first-order valence-corrected chi connectivity index (χ1v) is 6.71. The molecule has 0 unspecified atom stereocenters. The Bertz CT molecular complexity index is 595. The van der Waals surface area contributed by atoms with E-state index in [-0.39, 0.29) is 11.4 Å². The number of nitrogens with two attached hydrogens (primary N) is 1. The molecule has 0 spiro atoms. The lowest BCUT2D eigenvalue weighted by Crippen LogP contribution is -2.28. The van der Waals surface area contributed by atoms with Crippen molar-refractivity contribution < 1.29 is 4.39 Å². The first-order valence-electron chi connectivity index (χ1n) is 6.71. The molecule has 0 saturated carbocycles. The zero-order valence-corrected chi connectivity index (χ0v) is 12.3.